The number of benzene rings is 1. The van der Waals surface area contributed by atoms with Crippen LogP contribution in [-0.2, 0) is 9.59 Å². The third-order valence-electron chi connectivity index (χ3n) is 1.98. The Morgan fingerprint density at radius 1 is 1.22 bits per heavy atom. The van der Waals surface area contributed by atoms with Crippen LogP contribution in [0.3, 0.4) is 0 Å². The summed E-state index contributed by atoms with van der Waals surface area (Å²) >= 11 is 0. The van der Waals surface area contributed by atoms with E-state index < -0.39 is 11.8 Å². The van der Waals surface area contributed by atoms with E-state index in [1.165, 1.54) is 20.4 Å². The third-order valence-corrected chi connectivity index (χ3v) is 1.98. The number of nitrogens with one attached hydrogen (secondary N) is 1. The molecule has 0 atom stereocenters. The molecule has 0 aliphatic heterocycles. The molecule has 7 heteroatoms. The van der Waals surface area contributed by atoms with E-state index in [2.05, 4.69) is 5.10 Å². The van der Waals surface area contributed by atoms with E-state index in [0.29, 0.717) is 17.1 Å². The lowest BCUT2D eigenvalue weighted by Gasteiger charge is -2.05. The number of primary amides is 1. The van der Waals surface area contributed by atoms with Crippen LogP contribution in [-0.4, -0.2) is 32.2 Å². The summed E-state index contributed by atoms with van der Waals surface area (Å²) in [5.41, 5.74) is 7.36. The number of rotatable bonds is 4. The van der Waals surface area contributed by atoms with E-state index in [0.717, 1.165) is 0 Å². The maximum atomic E-state index is 10.8. The quantitative estimate of drug-likeness (QED) is 0.433. The number of carbonyl (C=O) groups is 2. The molecule has 0 unspecified atom stereocenters. The average molecular weight is 251 g/mol. The van der Waals surface area contributed by atoms with Crippen LogP contribution in [0.2, 0.25) is 0 Å². The zero-order chi connectivity index (χ0) is 13.5. The molecule has 1 aromatic carbocycles. The van der Waals surface area contributed by atoms with Crippen molar-refractivity contribution >= 4 is 18.0 Å². The average Bonchev–Trinajstić information content (AvgIpc) is 2.37. The first kappa shape index (κ1) is 13.5. The van der Waals surface area contributed by atoms with Gasteiger partial charge in [-0.25, -0.2) is 5.43 Å². The van der Waals surface area contributed by atoms with Crippen molar-refractivity contribution in [2.45, 2.75) is 0 Å². The Labute approximate surface area is 104 Å². The molecule has 0 saturated heterocycles. The minimum atomic E-state index is -1.10. The van der Waals surface area contributed by atoms with Crippen LogP contribution in [0.5, 0.6) is 11.5 Å². The molecule has 1 rings (SSSR count). The number of ether oxygens (including phenoxy) is 2. The highest BCUT2D eigenvalue weighted by molar-refractivity contribution is 6.34. The molecule has 0 aromatic heterocycles. The van der Waals surface area contributed by atoms with Crippen molar-refractivity contribution in [2.75, 3.05) is 14.2 Å². The fraction of sp³-hybridized carbons (Fsp3) is 0.182. The number of hydrogen-bond donors (Lipinski definition) is 2. The Bertz CT molecular complexity index is 463. The van der Waals surface area contributed by atoms with E-state index in [1.807, 2.05) is 5.43 Å². The molecule has 96 valence electrons. The molecule has 7 nitrogen and oxygen atoms in total. The first-order valence-electron chi connectivity index (χ1n) is 4.92. The van der Waals surface area contributed by atoms with Gasteiger partial charge in [-0.3, -0.25) is 9.59 Å². The molecule has 0 bridgehead atoms. The van der Waals surface area contributed by atoms with Gasteiger partial charge in [-0.2, -0.15) is 5.10 Å². The van der Waals surface area contributed by atoms with Gasteiger partial charge in [0.25, 0.3) is 0 Å². The van der Waals surface area contributed by atoms with Gasteiger partial charge in [0, 0.05) is 11.6 Å². The Balaban J connectivity index is 2.80. The van der Waals surface area contributed by atoms with E-state index in [9.17, 15) is 9.59 Å². The standard InChI is InChI=1S/C11H13N3O4/c1-17-8-3-7(4-9(5-8)18-2)6-13-14-11(16)10(12)15/h3-6H,1-2H3,(H2,12,15)(H,14,16)/b13-6-. The van der Waals surface area contributed by atoms with Gasteiger partial charge in [0.05, 0.1) is 20.4 Å². The predicted molar refractivity (Wildman–Crippen MR) is 64.5 cm³/mol. The molecule has 2 amide bonds. The summed E-state index contributed by atoms with van der Waals surface area (Å²) in [5.74, 6) is -0.925. The van der Waals surface area contributed by atoms with Gasteiger partial charge < -0.3 is 15.2 Å². The highest BCUT2D eigenvalue weighted by Crippen LogP contribution is 2.21. The van der Waals surface area contributed by atoms with Crippen molar-refractivity contribution in [2.24, 2.45) is 10.8 Å². The minimum absolute atomic E-state index is 0.581. The molecule has 0 saturated carbocycles. The molecule has 0 fully saturated rings. The zero-order valence-electron chi connectivity index (χ0n) is 9.97. The van der Waals surface area contributed by atoms with Crippen molar-refractivity contribution in [3.8, 4) is 11.5 Å². The summed E-state index contributed by atoms with van der Waals surface area (Å²) < 4.78 is 10.1. The highest BCUT2D eigenvalue weighted by atomic mass is 16.5. The molecule has 18 heavy (non-hydrogen) atoms. The fourth-order valence-electron chi connectivity index (χ4n) is 1.12. The summed E-state index contributed by atoms with van der Waals surface area (Å²) in [6.45, 7) is 0. The van der Waals surface area contributed by atoms with Crippen LogP contribution < -0.4 is 20.6 Å². The van der Waals surface area contributed by atoms with E-state index in [1.54, 1.807) is 18.2 Å². The largest absolute Gasteiger partial charge is 0.497 e. The summed E-state index contributed by atoms with van der Waals surface area (Å²) in [7, 11) is 3.04. The summed E-state index contributed by atoms with van der Waals surface area (Å²) in [6.07, 6.45) is 1.34. The first-order chi connectivity index (χ1) is 8.56. The van der Waals surface area contributed by atoms with E-state index >= 15 is 0 Å². The van der Waals surface area contributed by atoms with Crippen LogP contribution in [0.4, 0.5) is 0 Å². The third kappa shape index (κ3) is 3.78. The smallest absolute Gasteiger partial charge is 0.329 e. The van der Waals surface area contributed by atoms with Crippen molar-refractivity contribution in [1.29, 1.82) is 0 Å². The number of hydrazone groups is 1. The lowest BCUT2D eigenvalue weighted by Crippen LogP contribution is -2.32. The van der Waals surface area contributed by atoms with Gasteiger partial charge >= 0.3 is 11.8 Å². The molecule has 0 aliphatic carbocycles. The van der Waals surface area contributed by atoms with Gasteiger partial charge in [-0.1, -0.05) is 0 Å². The summed E-state index contributed by atoms with van der Waals surface area (Å²) in [6, 6.07) is 5.06. The molecule has 3 N–H and O–H groups in total. The molecule has 0 radical (unpaired) electrons. The molecule has 0 spiro atoms. The summed E-state index contributed by atoms with van der Waals surface area (Å²) in [4.78, 5) is 21.3. The zero-order valence-corrected chi connectivity index (χ0v) is 9.97. The number of carbonyl (C=O) groups excluding carboxylic acids is 2. The molecule has 0 heterocycles. The van der Waals surface area contributed by atoms with Crippen LogP contribution in [0.15, 0.2) is 23.3 Å². The molecular formula is C11H13N3O4. The van der Waals surface area contributed by atoms with Crippen molar-refractivity contribution in [1.82, 2.24) is 5.43 Å². The maximum absolute atomic E-state index is 10.8. The predicted octanol–water partition coefficient (Wildman–Crippen LogP) is -0.361. The van der Waals surface area contributed by atoms with Crippen LogP contribution in [0.1, 0.15) is 5.56 Å². The van der Waals surface area contributed by atoms with Gasteiger partial charge in [0.1, 0.15) is 11.5 Å². The normalized spacial score (nSPS) is 10.1. The van der Waals surface area contributed by atoms with Crippen LogP contribution in [0.25, 0.3) is 0 Å². The van der Waals surface area contributed by atoms with Gasteiger partial charge in [0.15, 0.2) is 0 Å². The second-order valence-electron chi connectivity index (χ2n) is 3.21. The lowest BCUT2D eigenvalue weighted by atomic mass is 10.2. The van der Waals surface area contributed by atoms with Crippen molar-refractivity contribution in [3.05, 3.63) is 23.8 Å². The second kappa shape index (κ2) is 6.24. The minimum Gasteiger partial charge on any atom is -0.497 e. The lowest BCUT2D eigenvalue weighted by molar-refractivity contribution is -0.137. The first-order valence-corrected chi connectivity index (χ1v) is 4.92. The Hall–Kier alpha value is -2.57. The monoisotopic (exact) mass is 251 g/mol. The molecule has 0 aliphatic rings. The summed E-state index contributed by atoms with van der Waals surface area (Å²) in [5, 5.41) is 3.58. The SMILES string of the molecule is COc1cc(/C=N\NC(=O)C(N)=O)cc(OC)c1. The van der Waals surface area contributed by atoms with E-state index in [-0.39, 0.29) is 0 Å². The van der Waals surface area contributed by atoms with Gasteiger partial charge in [-0.15, -0.1) is 0 Å². The Kier molecular flexibility index (Phi) is 4.67. The number of methoxy groups -OCH3 is 2. The topological polar surface area (TPSA) is 103 Å². The van der Waals surface area contributed by atoms with Gasteiger partial charge in [-0.05, 0) is 12.1 Å². The van der Waals surface area contributed by atoms with Crippen LogP contribution in [0, 0.1) is 0 Å². The molecular weight excluding hydrogens is 238 g/mol. The van der Waals surface area contributed by atoms with Crippen LogP contribution >= 0.6 is 0 Å². The number of nitrogens with two attached hydrogens (primary N) is 1. The Morgan fingerprint density at radius 2 is 1.78 bits per heavy atom. The Morgan fingerprint density at radius 3 is 2.22 bits per heavy atom. The number of amides is 2. The number of hydrogen-bond acceptors (Lipinski definition) is 5. The maximum Gasteiger partial charge on any atom is 0.329 e. The van der Waals surface area contributed by atoms with E-state index in [4.69, 9.17) is 15.2 Å². The van der Waals surface area contributed by atoms with Crippen molar-refractivity contribution in [3.63, 3.8) is 0 Å². The number of nitrogens with zero attached hydrogens (tertiary/aromatic N) is 1. The highest BCUT2D eigenvalue weighted by Gasteiger charge is 2.05. The van der Waals surface area contributed by atoms with Gasteiger partial charge in [0.2, 0.25) is 0 Å². The van der Waals surface area contributed by atoms with Crippen molar-refractivity contribution < 1.29 is 19.1 Å². The molecule has 1 aromatic rings. The fourth-order valence-corrected chi connectivity index (χ4v) is 1.12. The second-order valence-corrected chi connectivity index (χ2v) is 3.21.